The number of nitrogens with zero attached hydrogens (tertiary/aromatic N) is 2. The van der Waals surface area contributed by atoms with E-state index in [0.29, 0.717) is 5.92 Å². The van der Waals surface area contributed by atoms with Crippen LogP contribution in [0.3, 0.4) is 0 Å². The van der Waals surface area contributed by atoms with Crippen LogP contribution >= 0.6 is 0 Å². The number of aromatic nitrogens is 2. The second-order valence-corrected chi connectivity index (χ2v) is 6.65. The predicted octanol–water partition coefficient (Wildman–Crippen LogP) is 5.04. The van der Waals surface area contributed by atoms with Crippen LogP contribution in [0.25, 0.3) is 10.9 Å². The van der Waals surface area contributed by atoms with Gasteiger partial charge < -0.3 is 9.30 Å². The first-order valence-corrected chi connectivity index (χ1v) is 8.12. The number of hydrogen-bond donors (Lipinski definition) is 0. The smallest absolute Gasteiger partial charge is 0.238 e. The number of allylic oxidation sites excluding steroid dienone is 2. The van der Waals surface area contributed by atoms with Gasteiger partial charge >= 0.3 is 0 Å². The minimum absolute atomic E-state index is 0.639. The summed E-state index contributed by atoms with van der Waals surface area (Å²) >= 11 is 0. The molecule has 0 radical (unpaired) electrons. The minimum Gasteiger partial charge on any atom is -0.476 e. The SMILES string of the molecule is CC(C)=CCn1c(C)c(C)c2ccnc(OCCC(C)C)c21. The van der Waals surface area contributed by atoms with Crippen molar-refractivity contribution in [2.45, 2.75) is 54.5 Å². The van der Waals surface area contributed by atoms with Crippen LogP contribution in [0.4, 0.5) is 0 Å². The summed E-state index contributed by atoms with van der Waals surface area (Å²) in [6.45, 7) is 14.6. The lowest BCUT2D eigenvalue weighted by atomic mass is 10.1. The summed E-state index contributed by atoms with van der Waals surface area (Å²) in [7, 11) is 0. The fourth-order valence-electron chi connectivity index (χ4n) is 2.56. The van der Waals surface area contributed by atoms with Gasteiger partial charge in [0.15, 0.2) is 0 Å². The molecule has 0 atom stereocenters. The zero-order valence-corrected chi connectivity index (χ0v) is 14.7. The van der Waals surface area contributed by atoms with Crippen LogP contribution in [0.5, 0.6) is 5.88 Å². The third-order valence-corrected chi connectivity index (χ3v) is 4.13. The van der Waals surface area contributed by atoms with Gasteiger partial charge in [0.1, 0.15) is 5.52 Å². The molecule has 3 nitrogen and oxygen atoms in total. The van der Waals surface area contributed by atoms with Gasteiger partial charge in [-0.05, 0) is 51.7 Å². The molecule has 0 fully saturated rings. The molecule has 0 saturated heterocycles. The first kappa shape index (κ1) is 16.6. The molecule has 0 aliphatic rings. The molecule has 22 heavy (non-hydrogen) atoms. The number of hydrogen-bond acceptors (Lipinski definition) is 2. The summed E-state index contributed by atoms with van der Waals surface area (Å²) in [6, 6.07) is 2.09. The molecule has 0 unspecified atom stereocenters. The number of aryl methyl sites for hydroxylation is 1. The van der Waals surface area contributed by atoms with E-state index >= 15 is 0 Å². The van der Waals surface area contributed by atoms with Crippen molar-refractivity contribution in [3.05, 3.63) is 35.2 Å². The van der Waals surface area contributed by atoms with Crippen molar-refractivity contribution in [3.8, 4) is 5.88 Å². The van der Waals surface area contributed by atoms with E-state index in [9.17, 15) is 0 Å². The van der Waals surface area contributed by atoms with E-state index in [1.807, 2.05) is 6.20 Å². The zero-order chi connectivity index (χ0) is 16.3. The Morgan fingerprint density at radius 3 is 2.68 bits per heavy atom. The van der Waals surface area contributed by atoms with Crippen molar-refractivity contribution in [1.29, 1.82) is 0 Å². The van der Waals surface area contributed by atoms with E-state index in [-0.39, 0.29) is 0 Å². The van der Waals surface area contributed by atoms with E-state index in [1.54, 1.807) is 0 Å². The highest BCUT2D eigenvalue weighted by Gasteiger charge is 2.15. The van der Waals surface area contributed by atoms with Crippen LogP contribution in [0, 0.1) is 19.8 Å². The summed E-state index contributed by atoms with van der Waals surface area (Å²) in [5.74, 6) is 1.40. The maximum atomic E-state index is 5.99. The quantitative estimate of drug-likeness (QED) is 0.698. The minimum atomic E-state index is 0.639. The van der Waals surface area contributed by atoms with Crippen LogP contribution in [-0.4, -0.2) is 16.2 Å². The summed E-state index contributed by atoms with van der Waals surface area (Å²) in [5, 5.41) is 1.24. The molecule has 0 amide bonds. The zero-order valence-electron chi connectivity index (χ0n) is 14.7. The van der Waals surface area contributed by atoms with Gasteiger partial charge in [0.25, 0.3) is 0 Å². The molecule has 2 heterocycles. The Kier molecular flexibility index (Phi) is 5.28. The standard InChI is InChI=1S/C19H28N2O/c1-13(2)8-11-21-16(6)15(5)17-7-10-20-19(18(17)21)22-12-9-14(3)4/h7-8,10,14H,9,11-12H2,1-6H3. The number of rotatable bonds is 6. The van der Waals surface area contributed by atoms with Crippen molar-refractivity contribution < 1.29 is 4.74 Å². The lowest BCUT2D eigenvalue weighted by Crippen LogP contribution is -2.05. The molecule has 3 heteroatoms. The van der Waals surface area contributed by atoms with Gasteiger partial charge in [0.05, 0.1) is 6.61 Å². The molecule has 0 bridgehead atoms. The Hall–Kier alpha value is -1.77. The largest absolute Gasteiger partial charge is 0.476 e. The third-order valence-electron chi connectivity index (χ3n) is 4.13. The molecule has 0 spiro atoms. The molecule has 0 aliphatic heterocycles. The van der Waals surface area contributed by atoms with Gasteiger partial charge in [-0.2, -0.15) is 0 Å². The van der Waals surface area contributed by atoms with E-state index in [2.05, 4.69) is 63.2 Å². The fourth-order valence-corrected chi connectivity index (χ4v) is 2.56. The number of pyridine rings is 1. The fraction of sp³-hybridized carbons (Fsp3) is 0.526. The van der Waals surface area contributed by atoms with Crippen molar-refractivity contribution in [3.63, 3.8) is 0 Å². The highest BCUT2D eigenvalue weighted by molar-refractivity contribution is 5.88. The first-order chi connectivity index (χ1) is 10.4. The molecular formula is C19H28N2O. The van der Waals surface area contributed by atoms with Gasteiger partial charge in [0, 0.05) is 23.8 Å². The lowest BCUT2D eigenvalue weighted by molar-refractivity contribution is 0.281. The van der Waals surface area contributed by atoms with Crippen LogP contribution in [0.2, 0.25) is 0 Å². The van der Waals surface area contributed by atoms with Gasteiger partial charge in [-0.3, -0.25) is 0 Å². The molecule has 2 rings (SSSR count). The maximum Gasteiger partial charge on any atom is 0.238 e. The first-order valence-electron chi connectivity index (χ1n) is 8.12. The van der Waals surface area contributed by atoms with Crippen molar-refractivity contribution in [2.24, 2.45) is 5.92 Å². The van der Waals surface area contributed by atoms with Crippen LogP contribution in [-0.2, 0) is 6.54 Å². The topological polar surface area (TPSA) is 27.1 Å². The number of fused-ring (bicyclic) bond motifs is 1. The second-order valence-electron chi connectivity index (χ2n) is 6.65. The average Bonchev–Trinajstić information content (AvgIpc) is 2.70. The summed E-state index contributed by atoms with van der Waals surface area (Å²) in [5.41, 5.74) is 5.05. The van der Waals surface area contributed by atoms with Crippen molar-refractivity contribution >= 4 is 10.9 Å². The molecule has 120 valence electrons. The summed E-state index contributed by atoms with van der Waals surface area (Å²) < 4.78 is 8.31. The van der Waals surface area contributed by atoms with Crippen LogP contribution in [0.1, 0.15) is 45.4 Å². The Morgan fingerprint density at radius 2 is 2.05 bits per heavy atom. The van der Waals surface area contributed by atoms with Crippen LogP contribution in [0.15, 0.2) is 23.9 Å². The molecule has 0 N–H and O–H groups in total. The highest BCUT2D eigenvalue weighted by Crippen LogP contribution is 2.31. The maximum absolute atomic E-state index is 5.99. The molecule has 0 aromatic carbocycles. The molecular weight excluding hydrogens is 272 g/mol. The van der Waals surface area contributed by atoms with Gasteiger partial charge in [0.2, 0.25) is 5.88 Å². The summed E-state index contributed by atoms with van der Waals surface area (Å²) in [4.78, 5) is 4.48. The Bertz CT molecular complexity index is 676. The Balaban J connectivity index is 2.44. The molecule has 2 aromatic rings. The van der Waals surface area contributed by atoms with E-state index in [4.69, 9.17) is 4.74 Å². The van der Waals surface area contributed by atoms with Crippen molar-refractivity contribution in [1.82, 2.24) is 9.55 Å². The Morgan fingerprint density at radius 1 is 1.32 bits per heavy atom. The van der Waals surface area contributed by atoms with E-state index < -0.39 is 0 Å². The predicted molar refractivity (Wildman–Crippen MR) is 93.6 cm³/mol. The molecule has 0 saturated carbocycles. The highest BCUT2D eigenvalue weighted by atomic mass is 16.5. The van der Waals surface area contributed by atoms with E-state index in [1.165, 1.54) is 22.2 Å². The molecule has 0 aliphatic carbocycles. The number of ether oxygens (including phenoxy) is 1. The third kappa shape index (κ3) is 3.52. The Labute approximate surface area is 134 Å². The molecule has 2 aromatic heterocycles. The van der Waals surface area contributed by atoms with Gasteiger partial charge in [-0.1, -0.05) is 25.5 Å². The monoisotopic (exact) mass is 300 g/mol. The van der Waals surface area contributed by atoms with Gasteiger partial charge in [-0.25, -0.2) is 4.98 Å². The van der Waals surface area contributed by atoms with E-state index in [0.717, 1.165) is 31.0 Å². The average molecular weight is 300 g/mol. The second kappa shape index (κ2) is 6.99. The van der Waals surface area contributed by atoms with Gasteiger partial charge in [-0.15, -0.1) is 0 Å². The van der Waals surface area contributed by atoms with Crippen LogP contribution < -0.4 is 4.74 Å². The normalized spacial score (nSPS) is 11.2. The van der Waals surface area contributed by atoms with Crippen molar-refractivity contribution in [2.75, 3.05) is 6.61 Å². The summed E-state index contributed by atoms with van der Waals surface area (Å²) in [6.07, 6.45) is 5.15. The lowest BCUT2D eigenvalue weighted by Gasteiger charge is -2.11.